The van der Waals surface area contributed by atoms with Crippen LogP contribution >= 0.6 is 0 Å². The average Bonchev–Trinajstić information content (AvgIpc) is 2.10. The molecule has 1 saturated heterocycles. The number of nitrogens with zero attached hydrogens (tertiary/aromatic N) is 2. The molecule has 3 heteroatoms. The molecule has 0 radical (unpaired) electrons. The molecule has 0 aromatic carbocycles. The highest BCUT2D eigenvalue weighted by molar-refractivity contribution is 4.97. The molecule has 0 aliphatic carbocycles. The fraction of sp³-hybridized carbons (Fsp3) is 0.571. The van der Waals surface area contributed by atoms with Gasteiger partial charge < -0.3 is 9.88 Å². The minimum absolute atomic E-state index is 0.654. The Labute approximate surface area is 60.1 Å². The van der Waals surface area contributed by atoms with Gasteiger partial charge in [0.25, 0.3) is 0 Å². The number of hydrogen-bond donors (Lipinski definition) is 1. The van der Waals surface area contributed by atoms with E-state index in [0.29, 0.717) is 6.04 Å². The van der Waals surface area contributed by atoms with Gasteiger partial charge >= 0.3 is 0 Å². The summed E-state index contributed by atoms with van der Waals surface area (Å²) >= 11 is 0. The number of aromatic nitrogens is 2. The van der Waals surface area contributed by atoms with Crippen LogP contribution in [-0.2, 0) is 0 Å². The first-order valence-electron chi connectivity index (χ1n) is 3.57. The molecule has 1 aromatic heterocycles. The van der Waals surface area contributed by atoms with Crippen molar-refractivity contribution < 1.29 is 0 Å². The number of imidazole rings is 1. The van der Waals surface area contributed by atoms with Gasteiger partial charge in [-0.25, -0.2) is 4.98 Å². The van der Waals surface area contributed by atoms with Gasteiger partial charge in [-0.05, 0) is 6.92 Å². The molecule has 0 amide bonds. The molecule has 2 rings (SSSR count). The molecular formula is C7H11N3. The normalized spacial score (nSPS) is 18.9. The highest BCUT2D eigenvalue weighted by Gasteiger charge is 2.17. The molecule has 2 heterocycles. The summed E-state index contributed by atoms with van der Waals surface area (Å²) in [5, 5.41) is 3.22. The van der Waals surface area contributed by atoms with Crippen molar-refractivity contribution in [3.05, 3.63) is 18.2 Å². The first-order valence-corrected chi connectivity index (χ1v) is 3.57. The number of aryl methyl sites for hydroxylation is 1. The van der Waals surface area contributed by atoms with Crippen LogP contribution in [0.15, 0.2) is 12.5 Å². The predicted molar refractivity (Wildman–Crippen MR) is 38.9 cm³/mol. The molecule has 0 saturated carbocycles. The lowest BCUT2D eigenvalue weighted by atomic mass is 10.2. The third kappa shape index (κ3) is 0.827. The Morgan fingerprint density at radius 3 is 2.90 bits per heavy atom. The van der Waals surface area contributed by atoms with Gasteiger partial charge in [-0.1, -0.05) is 0 Å². The van der Waals surface area contributed by atoms with Crippen molar-refractivity contribution >= 4 is 0 Å². The van der Waals surface area contributed by atoms with Crippen LogP contribution in [0.3, 0.4) is 0 Å². The van der Waals surface area contributed by atoms with E-state index in [1.807, 2.05) is 13.3 Å². The minimum Gasteiger partial charge on any atom is -0.332 e. The zero-order valence-electron chi connectivity index (χ0n) is 6.04. The van der Waals surface area contributed by atoms with Crippen molar-refractivity contribution in [3.8, 4) is 0 Å². The van der Waals surface area contributed by atoms with Crippen molar-refractivity contribution in [1.82, 2.24) is 14.9 Å². The smallest absolute Gasteiger partial charge is 0.0952 e. The monoisotopic (exact) mass is 137 g/mol. The van der Waals surface area contributed by atoms with Crippen molar-refractivity contribution in [2.45, 2.75) is 13.0 Å². The first-order chi connectivity index (χ1) is 4.86. The molecule has 1 aliphatic rings. The van der Waals surface area contributed by atoms with Gasteiger partial charge in [0.05, 0.1) is 18.1 Å². The number of hydrogen-bond acceptors (Lipinski definition) is 2. The Hall–Kier alpha value is -0.830. The molecule has 10 heavy (non-hydrogen) atoms. The van der Waals surface area contributed by atoms with Crippen LogP contribution < -0.4 is 5.32 Å². The van der Waals surface area contributed by atoms with Gasteiger partial charge in [0.2, 0.25) is 0 Å². The highest BCUT2D eigenvalue weighted by atomic mass is 15.2. The number of rotatable bonds is 1. The maximum atomic E-state index is 4.15. The van der Waals surface area contributed by atoms with Gasteiger partial charge in [0, 0.05) is 19.3 Å². The van der Waals surface area contributed by atoms with Gasteiger partial charge in [0.1, 0.15) is 0 Å². The molecule has 0 bridgehead atoms. The van der Waals surface area contributed by atoms with Gasteiger partial charge in [-0.3, -0.25) is 0 Å². The Bertz CT molecular complexity index is 225. The van der Waals surface area contributed by atoms with Crippen LogP contribution in [0.4, 0.5) is 0 Å². The van der Waals surface area contributed by atoms with Crippen LogP contribution in [0.1, 0.15) is 11.7 Å². The molecule has 3 nitrogen and oxygen atoms in total. The van der Waals surface area contributed by atoms with Gasteiger partial charge in [-0.15, -0.1) is 0 Å². The summed E-state index contributed by atoms with van der Waals surface area (Å²) in [5.74, 6) is 0. The molecule has 0 unspecified atom stereocenters. The lowest BCUT2D eigenvalue weighted by molar-refractivity contribution is 0.343. The lowest BCUT2D eigenvalue weighted by Crippen LogP contribution is -2.42. The summed E-state index contributed by atoms with van der Waals surface area (Å²) in [6, 6.07) is 0.654. The molecule has 54 valence electrons. The average molecular weight is 137 g/mol. The highest BCUT2D eigenvalue weighted by Crippen LogP contribution is 2.10. The largest absolute Gasteiger partial charge is 0.332 e. The summed E-state index contributed by atoms with van der Waals surface area (Å²) in [5.41, 5.74) is 1.10. The maximum absolute atomic E-state index is 4.15. The minimum atomic E-state index is 0.654. The van der Waals surface area contributed by atoms with E-state index in [9.17, 15) is 0 Å². The van der Waals surface area contributed by atoms with Gasteiger partial charge in [0.15, 0.2) is 0 Å². The van der Waals surface area contributed by atoms with E-state index in [-0.39, 0.29) is 0 Å². The van der Waals surface area contributed by atoms with Crippen LogP contribution in [0.2, 0.25) is 0 Å². The molecule has 1 aliphatic heterocycles. The quantitative estimate of drug-likeness (QED) is 0.604. The van der Waals surface area contributed by atoms with E-state index in [1.165, 1.54) is 0 Å². The summed E-state index contributed by atoms with van der Waals surface area (Å²) in [6.45, 7) is 4.20. The fourth-order valence-corrected chi connectivity index (χ4v) is 1.12. The van der Waals surface area contributed by atoms with Gasteiger partial charge in [-0.2, -0.15) is 0 Å². The molecular weight excluding hydrogens is 126 g/mol. The summed E-state index contributed by atoms with van der Waals surface area (Å²) in [7, 11) is 0. The molecule has 1 fully saturated rings. The van der Waals surface area contributed by atoms with Crippen molar-refractivity contribution in [3.63, 3.8) is 0 Å². The van der Waals surface area contributed by atoms with Crippen LogP contribution in [0.5, 0.6) is 0 Å². The number of nitrogens with one attached hydrogen (secondary N) is 1. The van der Waals surface area contributed by atoms with Crippen LogP contribution in [0.25, 0.3) is 0 Å². The third-order valence-electron chi connectivity index (χ3n) is 1.91. The van der Waals surface area contributed by atoms with Crippen LogP contribution in [-0.4, -0.2) is 22.6 Å². The second-order valence-corrected chi connectivity index (χ2v) is 2.77. The second-order valence-electron chi connectivity index (χ2n) is 2.77. The van der Waals surface area contributed by atoms with E-state index < -0.39 is 0 Å². The summed E-state index contributed by atoms with van der Waals surface area (Å²) in [6.07, 6.45) is 3.99. The zero-order valence-corrected chi connectivity index (χ0v) is 6.04. The van der Waals surface area contributed by atoms with E-state index in [1.54, 1.807) is 0 Å². The molecule has 0 atom stereocenters. The van der Waals surface area contributed by atoms with Crippen LogP contribution in [0, 0.1) is 6.92 Å². The zero-order chi connectivity index (χ0) is 6.97. The SMILES string of the molecule is Cc1cn(C2CNC2)cn1. The summed E-state index contributed by atoms with van der Waals surface area (Å²) in [4.78, 5) is 4.15. The first kappa shape index (κ1) is 5.92. The third-order valence-corrected chi connectivity index (χ3v) is 1.91. The standard InChI is InChI=1S/C7H11N3/c1-6-4-10(5-9-6)7-2-8-3-7/h4-5,7-8H,2-3H2,1H3. The Morgan fingerprint density at radius 1 is 1.70 bits per heavy atom. The maximum Gasteiger partial charge on any atom is 0.0952 e. The second kappa shape index (κ2) is 2.09. The van der Waals surface area contributed by atoms with Crippen molar-refractivity contribution in [2.75, 3.05) is 13.1 Å². The molecule has 0 spiro atoms. The molecule has 1 aromatic rings. The van der Waals surface area contributed by atoms with E-state index in [4.69, 9.17) is 0 Å². The van der Waals surface area contributed by atoms with Crippen molar-refractivity contribution in [1.29, 1.82) is 0 Å². The Morgan fingerprint density at radius 2 is 2.50 bits per heavy atom. The van der Waals surface area contributed by atoms with E-state index in [2.05, 4.69) is 21.1 Å². The van der Waals surface area contributed by atoms with E-state index >= 15 is 0 Å². The topological polar surface area (TPSA) is 29.9 Å². The van der Waals surface area contributed by atoms with E-state index in [0.717, 1.165) is 18.8 Å². The Kier molecular flexibility index (Phi) is 1.24. The summed E-state index contributed by atoms with van der Waals surface area (Å²) < 4.78 is 2.17. The fourth-order valence-electron chi connectivity index (χ4n) is 1.12. The molecule has 1 N–H and O–H groups in total. The Balaban J connectivity index is 2.17. The van der Waals surface area contributed by atoms with Crippen molar-refractivity contribution in [2.24, 2.45) is 0 Å². The lowest BCUT2D eigenvalue weighted by Gasteiger charge is -2.27. The predicted octanol–water partition coefficient (Wildman–Crippen LogP) is 0.336.